The minimum Gasteiger partial charge on any atom is -0.351 e. The molecular formula is C27H30N4O3. The van der Waals surface area contributed by atoms with E-state index < -0.39 is 5.54 Å². The zero-order valence-corrected chi connectivity index (χ0v) is 19.6. The predicted octanol–water partition coefficient (Wildman–Crippen LogP) is 4.07. The van der Waals surface area contributed by atoms with E-state index in [2.05, 4.69) is 10.6 Å². The van der Waals surface area contributed by atoms with Crippen LogP contribution >= 0.6 is 0 Å². The van der Waals surface area contributed by atoms with Crippen LogP contribution in [-0.2, 0) is 22.7 Å². The summed E-state index contributed by atoms with van der Waals surface area (Å²) in [6.45, 7) is 3.90. The topological polar surface area (TPSA) is 83.4 Å². The number of amides is 3. The van der Waals surface area contributed by atoms with Crippen molar-refractivity contribution in [1.82, 2.24) is 14.8 Å². The van der Waals surface area contributed by atoms with Crippen molar-refractivity contribution in [2.45, 2.75) is 64.2 Å². The van der Waals surface area contributed by atoms with Crippen molar-refractivity contribution in [2.75, 3.05) is 5.32 Å². The molecule has 2 aromatic carbocycles. The van der Waals surface area contributed by atoms with Crippen LogP contribution in [0.2, 0.25) is 0 Å². The van der Waals surface area contributed by atoms with E-state index >= 15 is 0 Å². The molecule has 3 aromatic rings. The third-order valence-electron chi connectivity index (χ3n) is 7.14. The molecule has 7 nitrogen and oxygen atoms in total. The molecule has 3 amide bonds. The Labute approximate surface area is 199 Å². The van der Waals surface area contributed by atoms with E-state index in [1.165, 1.54) is 6.92 Å². The number of nitrogens with one attached hydrogen (secondary N) is 2. The van der Waals surface area contributed by atoms with Gasteiger partial charge in [-0.05, 0) is 31.4 Å². The van der Waals surface area contributed by atoms with Gasteiger partial charge in [-0.1, -0.05) is 61.4 Å². The van der Waals surface area contributed by atoms with Gasteiger partial charge >= 0.3 is 0 Å². The number of benzene rings is 2. The van der Waals surface area contributed by atoms with Gasteiger partial charge in [0.2, 0.25) is 11.8 Å². The van der Waals surface area contributed by atoms with Crippen LogP contribution in [0, 0.1) is 0 Å². The van der Waals surface area contributed by atoms with Crippen molar-refractivity contribution in [3.63, 3.8) is 0 Å². The number of carbonyl (C=O) groups is 3. The second-order valence-electron chi connectivity index (χ2n) is 9.61. The average molecular weight is 459 g/mol. The first-order valence-corrected chi connectivity index (χ1v) is 11.9. The van der Waals surface area contributed by atoms with Gasteiger partial charge in [0.25, 0.3) is 5.91 Å². The number of fused-ring (bicyclic) bond motifs is 3. The van der Waals surface area contributed by atoms with Crippen LogP contribution in [0.4, 0.5) is 5.69 Å². The molecule has 2 heterocycles. The predicted molar refractivity (Wildman–Crippen MR) is 131 cm³/mol. The summed E-state index contributed by atoms with van der Waals surface area (Å²) >= 11 is 0. The molecule has 1 aliphatic carbocycles. The highest BCUT2D eigenvalue weighted by Gasteiger charge is 2.49. The number of rotatable bonds is 5. The Bertz CT molecular complexity index is 1260. The quantitative estimate of drug-likeness (QED) is 0.605. The SMILES string of the molecule is CC(=O)Nc1c2n(c3ccccc13)C[C@](C)(C(=O)NC1CCCC1)N(Cc1ccccc1)C2=O. The normalized spacial score (nSPS) is 20.4. The van der Waals surface area contributed by atoms with Crippen molar-refractivity contribution >= 4 is 34.3 Å². The third-order valence-corrected chi connectivity index (χ3v) is 7.14. The standard InChI is InChI=1S/C27H30N4O3/c1-18(32)28-23-21-14-8-9-15-22(21)30-17-27(2,26(34)29-20-12-6-7-13-20)31(25(33)24(23)30)16-19-10-4-3-5-11-19/h3-5,8-11,14-15,20H,6-7,12-13,16-17H2,1-2H3,(H,28,32)(H,29,34)/t27-/m1/s1. The van der Waals surface area contributed by atoms with Crippen molar-refractivity contribution < 1.29 is 14.4 Å². The maximum atomic E-state index is 14.1. The lowest BCUT2D eigenvalue weighted by molar-refractivity contribution is -0.133. The van der Waals surface area contributed by atoms with Crippen LogP contribution in [-0.4, -0.2) is 38.8 Å². The van der Waals surface area contributed by atoms with Gasteiger partial charge in [-0.15, -0.1) is 0 Å². The number of nitrogens with zero attached hydrogens (tertiary/aromatic N) is 2. The lowest BCUT2D eigenvalue weighted by atomic mass is 9.93. The molecule has 1 atom stereocenters. The highest BCUT2D eigenvalue weighted by Crippen LogP contribution is 2.39. The first kappa shape index (κ1) is 22.2. The average Bonchev–Trinajstić information content (AvgIpc) is 3.44. The maximum Gasteiger partial charge on any atom is 0.273 e. The van der Waals surface area contributed by atoms with E-state index in [9.17, 15) is 14.4 Å². The first-order chi connectivity index (χ1) is 16.4. The summed E-state index contributed by atoms with van der Waals surface area (Å²) in [5.41, 5.74) is 1.61. The molecule has 2 N–H and O–H groups in total. The lowest BCUT2D eigenvalue weighted by Gasteiger charge is -2.44. The van der Waals surface area contributed by atoms with Gasteiger partial charge in [0, 0.05) is 24.9 Å². The molecule has 0 bridgehead atoms. The largest absolute Gasteiger partial charge is 0.351 e. The summed E-state index contributed by atoms with van der Waals surface area (Å²) in [6, 6.07) is 17.5. The molecule has 1 aromatic heterocycles. The fourth-order valence-corrected chi connectivity index (χ4v) is 5.36. The first-order valence-electron chi connectivity index (χ1n) is 11.9. The van der Waals surface area contributed by atoms with Crippen LogP contribution in [0.1, 0.15) is 55.6 Å². The van der Waals surface area contributed by atoms with Gasteiger partial charge in [-0.3, -0.25) is 14.4 Å². The maximum absolute atomic E-state index is 14.1. The Morgan fingerprint density at radius 3 is 2.41 bits per heavy atom. The van der Waals surface area contributed by atoms with Gasteiger partial charge in [0.1, 0.15) is 11.2 Å². The summed E-state index contributed by atoms with van der Waals surface area (Å²) in [6.07, 6.45) is 4.17. The molecular weight excluding hydrogens is 428 g/mol. The van der Waals surface area contributed by atoms with Crippen LogP contribution in [0.15, 0.2) is 54.6 Å². The summed E-state index contributed by atoms with van der Waals surface area (Å²) < 4.78 is 1.90. The summed E-state index contributed by atoms with van der Waals surface area (Å²) in [5.74, 6) is -0.638. The van der Waals surface area contributed by atoms with Gasteiger partial charge < -0.3 is 20.1 Å². The number of anilines is 1. The fourth-order valence-electron chi connectivity index (χ4n) is 5.36. The fraction of sp³-hybridized carbons (Fsp3) is 0.370. The smallest absolute Gasteiger partial charge is 0.273 e. The molecule has 0 spiro atoms. The lowest BCUT2D eigenvalue weighted by Crippen LogP contribution is -2.64. The number of para-hydroxylation sites is 1. The number of hydrogen-bond acceptors (Lipinski definition) is 3. The van der Waals surface area contributed by atoms with Gasteiger partial charge in [-0.2, -0.15) is 0 Å². The third kappa shape index (κ3) is 3.75. The number of aromatic nitrogens is 1. The minimum absolute atomic E-state index is 0.131. The molecule has 0 unspecified atom stereocenters. The Morgan fingerprint density at radius 2 is 1.71 bits per heavy atom. The second kappa shape index (κ2) is 8.63. The Balaban J connectivity index is 1.64. The molecule has 0 radical (unpaired) electrons. The number of hydrogen-bond donors (Lipinski definition) is 2. The van der Waals surface area contributed by atoms with E-state index in [0.717, 1.165) is 42.1 Å². The molecule has 34 heavy (non-hydrogen) atoms. The highest BCUT2D eigenvalue weighted by atomic mass is 16.2. The van der Waals surface area contributed by atoms with Gasteiger partial charge in [0.15, 0.2) is 0 Å². The van der Waals surface area contributed by atoms with Crippen molar-refractivity contribution in [3.8, 4) is 0 Å². The molecule has 1 saturated carbocycles. The van der Waals surface area contributed by atoms with E-state index in [1.54, 1.807) is 4.90 Å². The van der Waals surface area contributed by atoms with Crippen LogP contribution in [0.3, 0.4) is 0 Å². The number of carbonyl (C=O) groups excluding carboxylic acids is 3. The van der Waals surface area contributed by atoms with Crippen LogP contribution in [0.25, 0.3) is 10.9 Å². The molecule has 2 aliphatic rings. The zero-order valence-electron chi connectivity index (χ0n) is 19.6. The van der Waals surface area contributed by atoms with Gasteiger partial charge in [0.05, 0.1) is 17.7 Å². The van der Waals surface area contributed by atoms with E-state index in [4.69, 9.17) is 0 Å². The molecule has 7 heteroatoms. The van der Waals surface area contributed by atoms with Crippen molar-refractivity contribution in [2.24, 2.45) is 0 Å². The zero-order chi connectivity index (χ0) is 23.9. The van der Waals surface area contributed by atoms with Crippen LogP contribution in [0.5, 0.6) is 0 Å². The van der Waals surface area contributed by atoms with E-state index in [0.29, 0.717) is 24.5 Å². The van der Waals surface area contributed by atoms with Crippen LogP contribution < -0.4 is 10.6 Å². The van der Waals surface area contributed by atoms with E-state index in [-0.39, 0.29) is 23.8 Å². The Hall–Kier alpha value is -3.61. The molecule has 1 aliphatic heterocycles. The molecule has 176 valence electrons. The Morgan fingerprint density at radius 1 is 1.03 bits per heavy atom. The highest BCUT2D eigenvalue weighted by molar-refractivity contribution is 6.14. The van der Waals surface area contributed by atoms with Crippen molar-refractivity contribution in [3.05, 3.63) is 65.9 Å². The minimum atomic E-state index is -1.09. The van der Waals surface area contributed by atoms with Gasteiger partial charge in [-0.25, -0.2) is 0 Å². The molecule has 0 saturated heterocycles. The molecule has 5 rings (SSSR count). The molecule has 1 fully saturated rings. The monoisotopic (exact) mass is 458 g/mol. The van der Waals surface area contributed by atoms with E-state index in [1.807, 2.05) is 66.1 Å². The second-order valence-corrected chi connectivity index (χ2v) is 9.61. The summed E-state index contributed by atoms with van der Waals surface area (Å²) in [5, 5.41) is 6.90. The Kier molecular flexibility index (Phi) is 5.63. The van der Waals surface area contributed by atoms with Crippen molar-refractivity contribution in [1.29, 1.82) is 0 Å². The summed E-state index contributed by atoms with van der Waals surface area (Å²) in [7, 11) is 0. The summed E-state index contributed by atoms with van der Waals surface area (Å²) in [4.78, 5) is 41.6.